The fraction of sp³-hybridized carbons (Fsp3) is 0.571. The molecule has 1 saturated heterocycles. The van der Waals surface area contributed by atoms with E-state index in [0.29, 0.717) is 37.9 Å². The second kappa shape index (κ2) is 8.64. The largest absolute Gasteiger partial charge is 0.352 e. The van der Waals surface area contributed by atoms with Gasteiger partial charge in [0.1, 0.15) is 0 Å². The maximum absolute atomic E-state index is 13.1. The van der Waals surface area contributed by atoms with Crippen LogP contribution in [-0.2, 0) is 10.0 Å². The van der Waals surface area contributed by atoms with E-state index in [-0.39, 0.29) is 16.8 Å². The van der Waals surface area contributed by atoms with Crippen molar-refractivity contribution in [2.75, 3.05) is 13.1 Å². The van der Waals surface area contributed by atoms with Crippen LogP contribution in [0.1, 0.15) is 61.4 Å². The highest BCUT2D eigenvalue weighted by atomic mass is 32.2. The first kappa shape index (κ1) is 21.5. The molecule has 2 heterocycles. The SMILES string of the molecule is C#CCCC1(CCNC(=O)c2cc(S(=O)(=O)N3CCCCC3C)ccc2C)N=N1. The van der Waals surface area contributed by atoms with Gasteiger partial charge in [-0.3, -0.25) is 4.79 Å². The molecule has 0 aliphatic carbocycles. The van der Waals surface area contributed by atoms with Crippen molar-refractivity contribution in [1.82, 2.24) is 9.62 Å². The molecule has 1 unspecified atom stereocenters. The minimum atomic E-state index is -3.62. The third-order valence-corrected chi connectivity index (χ3v) is 7.68. The standard InChI is InChI=1S/C21H28N4O3S/c1-4-5-11-21(23-24-21)12-13-22-20(26)19-15-18(10-9-16(19)2)29(27,28)25-14-7-6-8-17(25)3/h1,9-10,15,17H,5-8,11-14H2,2-3H3,(H,22,26). The van der Waals surface area contributed by atoms with Gasteiger partial charge in [-0.05, 0) is 44.4 Å². The number of hydrogen-bond acceptors (Lipinski definition) is 5. The molecule has 1 N–H and O–H groups in total. The second-order valence-corrected chi connectivity index (χ2v) is 9.72. The summed E-state index contributed by atoms with van der Waals surface area (Å²) in [6.45, 7) is 4.65. The van der Waals surface area contributed by atoms with Crippen molar-refractivity contribution in [2.45, 2.75) is 69.0 Å². The first-order valence-electron chi connectivity index (χ1n) is 10.1. The lowest BCUT2D eigenvalue weighted by Crippen LogP contribution is -2.42. The highest BCUT2D eigenvalue weighted by Gasteiger charge is 2.38. The number of nitrogens with zero attached hydrogens (tertiary/aromatic N) is 3. The molecule has 1 fully saturated rings. The predicted octanol–water partition coefficient (Wildman–Crippen LogP) is 3.25. The van der Waals surface area contributed by atoms with Crippen LogP contribution in [0.4, 0.5) is 0 Å². The van der Waals surface area contributed by atoms with Gasteiger partial charge in [0.25, 0.3) is 5.91 Å². The predicted molar refractivity (Wildman–Crippen MR) is 111 cm³/mol. The van der Waals surface area contributed by atoms with Gasteiger partial charge in [-0.15, -0.1) is 12.3 Å². The highest BCUT2D eigenvalue weighted by molar-refractivity contribution is 7.89. The monoisotopic (exact) mass is 416 g/mol. The molecule has 0 spiro atoms. The zero-order valence-electron chi connectivity index (χ0n) is 17.0. The number of carbonyl (C=O) groups excluding carboxylic acids is 1. The van der Waals surface area contributed by atoms with E-state index < -0.39 is 15.7 Å². The normalized spacial score (nSPS) is 20.8. The Kier molecular flexibility index (Phi) is 6.39. The zero-order valence-corrected chi connectivity index (χ0v) is 17.8. The topological polar surface area (TPSA) is 91.2 Å². The van der Waals surface area contributed by atoms with Gasteiger partial charge < -0.3 is 5.32 Å². The summed E-state index contributed by atoms with van der Waals surface area (Å²) in [6.07, 6.45) is 9.90. The lowest BCUT2D eigenvalue weighted by molar-refractivity contribution is 0.0951. The molecule has 8 heteroatoms. The van der Waals surface area contributed by atoms with Gasteiger partial charge in [0.15, 0.2) is 5.66 Å². The maximum atomic E-state index is 13.1. The molecule has 0 aromatic heterocycles. The van der Waals surface area contributed by atoms with Crippen molar-refractivity contribution in [3.63, 3.8) is 0 Å². The van der Waals surface area contributed by atoms with E-state index in [2.05, 4.69) is 21.5 Å². The molecule has 1 aromatic carbocycles. The molecular weight excluding hydrogens is 388 g/mol. The molecule has 0 saturated carbocycles. The number of piperidine rings is 1. The minimum Gasteiger partial charge on any atom is -0.352 e. The van der Waals surface area contributed by atoms with Crippen LogP contribution in [0.5, 0.6) is 0 Å². The van der Waals surface area contributed by atoms with Crippen LogP contribution in [-0.4, -0.2) is 43.4 Å². The Bertz CT molecular complexity index is 943. The van der Waals surface area contributed by atoms with Crippen LogP contribution < -0.4 is 5.32 Å². The van der Waals surface area contributed by atoms with Crippen molar-refractivity contribution in [2.24, 2.45) is 10.2 Å². The van der Waals surface area contributed by atoms with E-state index >= 15 is 0 Å². The molecular formula is C21H28N4O3S. The molecule has 156 valence electrons. The maximum Gasteiger partial charge on any atom is 0.251 e. The number of hydrogen-bond donors (Lipinski definition) is 1. The van der Waals surface area contributed by atoms with Crippen LogP contribution in [0.15, 0.2) is 33.3 Å². The van der Waals surface area contributed by atoms with Gasteiger partial charge in [-0.25, -0.2) is 8.42 Å². The molecule has 2 aliphatic heterocycles. The molecule has 3 rings (SSSR count). The smallest absolute Gasteiger partial charge is 0.251 e. The Hall–Kier alpha value is -2.24. The third kappa shape index (κ3) is 4.85. The Morgan fingerprint density at radius 2 is 2.10 bits per heavy atom. The summed E-state index contributed by atoms with van der Waals surface area (Å²) in [4.78, 5) is 12.9. The van der Waals surface area contributed by atoms with Crippen molar-refractivity contribution in [3.8, 4) is 12.3 Å². The molecule has 0 bridgehead atoms. The molecule has 1 atom stereocenters. The van der Waals surface area contributed by atoms with Gasteiger partial charge in [0, 0.05) is 44.0 Å². The molecule has 1 aromatic rings. The number of amides is 1. The second-order valence-electron chi connectivity index (χ2n) is 7.83. The Morgan fingerprint density at radius 1 is 1.34 bits per heavy atom. The molecule has 0 radical (unpaired) electrons. The van der Waals surface area contributed by atoms with Crippen molar-refractivity contribution in [3.05, 3.63) is 29.3 Å². The van der Waals surface area contributed by atoms with Crippen molar-refractivity contribution in [1.29, 1.82) is 0 Å². The lowest BCUT2D eigenvalue weighted by atomic mass is 10.0. The number of sulfonamides is 1. The summed E-state index contributed by atoms with van der Waals surface area (Å²) in [7, 11) is -3.62. The summed E-state index contributed by atoms with van der Waals surface area (Å²) >= 11 is 0. The van der Waals surface area contributed by atoms with E-state index in [4.69, 9.17) is 6.42 Å². The van der Waals surface area contributed by atoms with Gasteiger partial charge >= 0.3 is 0 Å². The van der Waals surface area contributed by atoms with Crippen LogP contribution >= 0.6 is 0 Å². The van der Waals surface area contributed by atoms with Gasteiger partial charge in [0.05, 0.1) is 4.90 Å². The summed E-state index contributed by atoms with van der Waals surface area (Å²) in [5.74, 6) is 2.29. The fourth-order valence-electron chi connectivity index (χ4n) is 3.71. The highest BCUT2D eigenvalue weighted by Crippen LogP contribution is 2.36. The number of carbonyl (C=O) groups is 1. The number of nitrogens with one attached hydrogen (secondary N) is 1. The van der Waals surface area contributed by atoms with Crippen LogP contribution in [0, 0.1) is 19.3 Å². The molecule has 7 nitrogen and oxygen atoms in total. The third-order valence-electron chi connectivity index (χ3n) is 5.67. The van der Waals surface area contributed by atoms with E-state index in [1.807, 2.05) is 6.92 Å². The van der Waals surface area contributed by atoms with E-state index in [1.165, 1.54) is 6.07 Å². The molecule has 1 amide bonds. The molecule has 29 heavy (non-hydrogen) atoms. The van der Waals surface area contributed by atoms with Crippen LogP contribution in [0.2, 0.25) is 0 Å². The van der Waals surface area contributed by atoms with Crippen LogP contribution in [0.25, 0.3) is 0 Å². The lowest BCUT2D eigenvalue weighted by Gasteiger charge is -2.32. The van der Waals surface area contributed by atoms with Crippen molar-refractivity contribution < 1.29 is 13.2 Å². The van der Waals surface area contributed by atoms with E-state index in [1.54, 1.807) is 23.4 Å². The average molecular weight is 417 g/mol. The summed E-state index contributed by atoms with van der Waals surface area (Å²) in [5, 5.41) is 11.0. The summed E-state index contributed by atoms with van der Waals surface area (Å²) in [6, 6.07) is 4.73. The number of rotatable bonds is 8. The van der Waals surface area contributed by atoms with E-state index in [9.17, 15) is 13.2 Å². The summed E-state index contributed by atoms with van der Waals surface area (Å²) in [5.41, 5.74) is 0.652. The van der Waals surface area contributed by atoms with Gasteiger partial charge in [0.2, 0.25) is 10.0 Å². The summed E-state index contributed by atoms with van der Waals surface area (Å²) < 4.78 is 27.7. The Balaban J connectivity index is 1.68. The number of benzene rings is 1. The molecule has 2 aliphatic rings. The first-order chi connectivity index (χ1) is 13.8. The van der Waals surface area contributed by atoms with Crippen molar-refractivity contribution >= 4 is 15.9 Å². The minimum absolute atomic E-state index is 0.0300. The fourth-order valence-corrected chi connectivity index (χ4v) is 5.44. The average Bonchev–Trinajstić information content (AvgIpc) is 3.46. The Labute approximate surface area is 173 Å². The first-order valence-corrected chi connectivity index (χ1v) is 11.5. The van der Waals surface area contributed by atoms with Gasteiger partial charge in [-0.1, -0.05) is 12.5 Å². The van der Waals surface area contributed by atoms with Gasteiger partial charge in [-0.2, -0.15) is 14.5 Å². The number of terminal acetylenes is 1. The van der Waals surface area contributed by atoms with Crippen LogP contribution in [0.3, 0.4) is 0 Å². The number of aryl methyl sites for hydroxylation is 1. The zero-order chi connectivity index (χ0) is 21.1. The quantitative estimate of drug-likeness (QED) is 0.660. The van der Waals surface area contributed by atoms with E-state index in [0.717, 1.165) is 24.8 Å². The Morgan fingerprint density at radius 3 is 2.76 bits per heavy atom.